The summed E-state index contributed by atoms with van der Waals surface area (Å²) in [5, 5.41) is 4.31. The number of thiophene rings is 1. The molecule has 1 aromatic heterocycles. The van der Waals surface area contributed by atoms with E-state index in [1.165, 1.54) is 5.56 Å². The van der Waals surface area contributed by atoms with Crippen LogP contribution in [0.1, 0.15) is 43.7 Å². The van der Waals surface area contributed by atoms with E-state index in [0.29, 0.717) is 24.3 Å². The van der Waals surface area contributed by atoms with Crippen LogP contribution in [0.3, 0.4) is 0 Å². The molecule has 1 aliphatic carbocycles. The molecule has 0 bridgehead atoms. The number of rotatable bonds is 4. The third-order valence-corrected chi connectivity index (χ3v) is 5.19. The van der Waals surface area contributed by atoms with Crippen molar-refractivity contribution in [3.8, 4) is 0 Å². The van der Waals surface area contributed by atoms with Gasteiger partial charge in [-0.15, -0.1) is 0 Å². The minimum atomic E-state index is -0.215. The zero-order valence-electron chi connectivity index (χ0n) is 12.1. The first-order chi connectivity index (χ1) is 10.1. The van der Waals surface area contributed by atoms with Crippen LogP contribution in [-0.2, 0) is 4.79 Å². The van der Waals surface area contributed by atoms with Gasteiger partial charge < -0.3 is 16.4 Å². The topological polar surface area (TPSA) is 84.7 Å². The van der Waals surface area contributed by atoms with Crippen molar-refractivity contribution in [1.82, 2.24) is 4.90 Å². The second-order valence-corrected chi connectivity index (χ2v) is 6.84. The number of nitrogens with two attached hydrogens (primary N) is 2. The summed E-state index contributed by atoms with van der Waals surface area (Å²) in [4.78, 5) is 17.7. The normalized spacial score (nSPS) is 29.4. The van der Waals surface area contributed by atoms with Gasteiger partial charge in [0.1, 0.15) is 0 Å². The molecule has 6 heteroatoms. The van der Waals surface area contributed by atoms with Crippen molar-refractivity contribution >= 4 is 23.2 Å². The van der Waals surface area contributed by atoms with Crippen LogP contribution in [0.25, 0.3) is 0 Å². The van der Waals surface area contributed by atoms with Crippen LogP contribution in [0.4, 0.5) is 0 Å². The maximum absolute atomic E-state index is 10.9. The molecule has 1 aromatic rings. The van der Waals surface area contributed by atoms with Crippen molar-refractivity contribution < 1.29 is 4.79 Å². The number of aliphatic imine (C=N–C) groups is 1. The predicted molar refractivity (Wildman–Crippen MR) is 84.9 cm³/mol. The molecule has 1 aliphatic heterocycles. The minimum Gasteiger partial charge on any atom is -0.370 e. The van der Waals surface area contributed by atoms with E-state index in [-0.39, 0.29) is 11.9 Å². The van der Waals surface area contributed by atoms with Gasteiger partial charge in [-0.1, -0.05) is 0 Å². The highest BCUT2D eigenvalue weighted by atomic mass is 32.1. The molecule has 4 N–H and O–H groups in total. The molecule has 3 rings (SSSR count). The van der Waals surface area contributed by atoms with Crippen LogP contribution in [-0.4, -0.2) is 29.4 Å². The lowest BCUT2D eigenvalue weighted by atomic mass is 9.78. The standard InChI is InChI=1S/C15H22N4OS/c16-14(20)8-10-6-12(7-10)18-15(17)19-4-1-2-13(19)11-3-5-21-9-11/h3,5,9-10,12-13H,1-2,4,6-8H2,(H2,16,20)(H2,17,18). The summed E-state index contributed by atoms with van der Waals surface area (Å²) in [5.41, 5.74) is 12.8. The smallest absolute Gasteiger partial charge is 0.217 e. The molecular weight excluding hydrogens is 284 g/mol. The van der Waals surface area contributed by atoms with Gasteiger partial charge in [0.15, 0.2) is 5.96 Å². The lowest BCUT2D eigenvalue weighted by molar-refractivity contribution is -0.119. The van der Waals surface area contributed by atoms with E-state index in [2.05, 4.69) is 26.7 Å². The van der Waals surface area contributed by atoms with Crippen LogP contribution in [0, 0.1) is 5.92 Å². The summed E-state index contributed by atoms with van der Waals surface area (Å²) in [6.45, 7) is 0.979. The maximum atomic E-state index is 10.9. The van der Waals surface area contributed by atoms with Gasteiger partial charge in [0, 0.05) is 13.0 Å². The summed E-state index contributed by atoms with van der Waals surface area (Å²) >= 11 is 1.72. The molecule has 0 radical (unpaired) electrons. The second-order valence-electron chi connectivity index (χ2n) is 6.06. The van der Waals surface area contributed by atoms with E-state index in [1.807, 2.05) is 0 Å². The largest absolute Gasteiger partial charge is 0.370 e. The lowest BCUT2D eigenvalue weighted by Gasteiger charge is -2.33. The van der Waals surface area contributed by atoms with Gasteiger partial charge in [0.2, 0.25) is 5.91 Å². The van der Waals surface area contributed by atoms with E-state index in [9.17, 15) is 4.79 Å². The van der Waals surface area contributed by atoms with Crippen LogP contribution in [0.2, 0.25) is 0 Å². The molecule has 1 saturated heterocycles. The molecule has 1 atom stereocenters. The van der Waals surface area contributed by atoms with Gasteiger partial charge in [0.05, 0.1) is 12.1 Å². The van der Waals surface area contributed by atoms with Gasteiger partial charge in [-0.3, -0.25) is 4.79 Å². The average molecular weight is 306 g/mol. The van der Waals surface area contributed by atoms with Gasteiger partial charge in [-0.2, -0.15) is 11.3 Å². The number of hydrogen-bond acceptors (Lipinski definition) is 3. The Balaban J connectivity index is 1.59. The Morgan fingerprint density at radius 3 is 2.90 bits per heavy atom. The molecule has 2 fully saturated rings. The Hall–Kier alpha value is -1.56. The van der Waals surface area contributed by atoms with Crippen LogP contribution < -0.4 is 11.5 Å². The fraction of sp³-hybridized carbons (Fsp3) is 0.600. The minimum absolute atomic E-state index is 0.215. The monoisotopic (exact) mass is 306 g/mol. The lowest BCUT2D eigenvalue weighted by Crippen LogP contribution is -2.40. The SMILES string of the molecule is NC(=O)CC1CC(N=C(N)N2CCCC2c2ccsc2)C1. The second kappa shape index (κ2) is 6.05. The molecule has 0 spiro atoms. The fourth-order valence-electron chi connectivity index (χ4n) is 3.37. The Kier molecular flexibility index (Phi) is 4.14. The van der Waals surface area contributed by atoms with Gasteiger partial charge in [-0.05, 0) is 54.0 Å². The first-order valence-electron chi connectivity index (χ1n) is 7.54. The van der Waals surface area contributed by atoms with E-state index < -0.39 is 0 Å². The number of primary amides is 1. The predicted octanol–water partition coefficient (Wildman–Crippen LogP) is 1.85. The molecule has 0 aromatic carbocycles. The number of carbonyl (C=O) groups is 1. The van der Waals surface area contributed by atoms with Crippen molar-refractivity contribution in [3.63, 3.8) is 0 Å². The highest BCUT2D eigenvalue weighted by Crippen LogP contribution is 2.35. The summed E-state index contributed by atoms with van der Waals surface area (Å²) in [7, 11) is 0. The zero-order chi connectivity index (χ0) is 14.8. The van der Waals surface area contributed by atoms with Gasteiger partial charge in [0.25, 0.3) is 0 Å². The number of carbonyl (C=O) groups excluding carboxylic acids is 1. The van der Waals surface area contributed by atoms with Crippen LogP contribution in [0.15, 0.2) is 21.8 Å². The fourth-order valence-corrected chi connectivity index (χ4v) is 4.08. The Labute approximate surface area is 129 Å². The number of hydrogen-bond donors (Lipinski definition) is 2. The maximum Gasteiger partial charge on any atom is 0.217 e. The van der Waals surface area contributed by atoms with Crippen molar-refractivity contribution in [2.75, 3.05) is 6.54 Å². The molecule has 21 heavy (non-hydrogen) atoms. The molecule has 2 aliphatic rings. The van der Waals surface area contributed by atoms with Crippen molar-refractivity contribution in [2.24, 2.45) is 22.4 Å². The number of likely N-dealkylation sites (tertiary alicyclic amines) is 1. The molecule has 114 valence electrons. The van der Waals surface area contributed by atoms with E-state index >= 15 is 0 Å². The van der Waals surface area contributed by atoms with Gasteiger partial charge in [-0.25, -0.2) is 4.99 Å². The highest BCUT2D eigenvalue weighted by Gasteiger charge is 2.32. The van der Waals surface area contributed by atoms with Crippen molar-refractivity contribution in [2.45, 2.75) is 44.2 Å². The molecular formula is C15H22N4OS. The summed E-state index contributed by atoms with van der Waals surface area (Å²) in [5.74, 6) is 0.842. The first kappa shape index (κ1) is 14.4. The van der Waals surface area contributed by atoms with Crippen LogP contribution >= 0.6 is 11.3 Å². The Morgan fingerprint density at radius 1 is 1.43 bits per heavy atom. The summed E-state index contributed by atoms with van der Waals surface area (Å²) in [6.07, 6.45) is 4.64. The number of guanidine groups is 1. The van der Waals surface area contributed by atoms with Crippen molar-refractivity contribution in [1.29, 1.82) is 0 Å². The average Bonchev–Trinajstić information content (AvgIpc) is 3.05. The third kappa shape index (κ3) is 3.20. The molecule has 1 saturated carbocycles. The number of amides is 1. The third-order valence-electron chi connectivity index (χ3n) is 4.49. The quantitative estimate of drug-likeness (QED) is 0.657. The molecule has 5 nitrogen and oxygen atoms in total. The van der Waals surface area contributed by atoms with E-state index in [1.54, 1.807) is 11.3 Å². The zero-order valence-corrected chi connectivity index (χ0v) is 12.9. The van der Waals surface area contributed by atoms with E-state index in [0.717, 1.165) is 32.2 Å². The first-order valence-corrected chi connectivity index (χ1v) is 8.48. The molecule has 1 amide bonds. The van der Waals surface area contributed by atoms with E-state index in [4.69, 9.17) is 11.5 Å². The molecule has 2 heterocycles. The molecule has 1 unspecified atom stereocenters. The Morgan fingerprint density at radius 2 is 2.24 bits per heavy atom. The summed E-state index contributed by atoms with van der Waals surface area (Å²) < 4.78 is 0. The van der Waals surface area contributed by atoms with Crippen molar-refractivity contribution in [3.05, 3.63) is 22.4 Å². The van der Waals surface area contributed by atoms with Crippen LogP contribution in [0.5, 0.6) is 0 Å². The Bertz CT molecular complexity index is 522. The summed E-state index contributed by atoms with van der Waals surface area (Å²) in [6, 6.07) is 2.81. The number of nitrogens with zero attached hydrogens (tertiary/aromatic N) is 2. The van der Waals surface area contributed by atoms with Gasteiger partial charge >= 0.3 is 0 Å². The highest BCUT2D eigenvalue weighted by molar-refractivity contribution is 7.07.